The van der Waals surface area contributed by atoms with Gasteiger partial charge in [0.25, 0.3) is 5.91 Å². The number of hydrogen-bond donors (Lipinski definition) is 1. The quantitative estimate of drug-likeness (QED) is 0.933. The molecule has 1 amide bonds. The van der Waals surface area contributed by atoms with Crippen molar-refractivity contribution in [3.8, 4) is 5.69 Å². The highest BCUT2D eigenvalue weighted by Crippen LogP contribution is 2.28. The van der Waals surface area contributed by atoms with Crippen LogP contribution in [0.25, 0.3) is 5.69 Å². The molecule has 0 spiro atoms. The van der Waals surface area contributed by atoms with Crippen LogP contribution >= 0.6 is 0 Å². The van der Waals surface area contributed by atoms with Gasteiger partial charge in [0.1, 0.15) is 0 Å². The van der Waals surface area contributed by atoms with Crippen molar-refractivity contribution >= 4 is 11.9 Å². The number of aryl methyl sites for hydroxylation is 3. The van der Waals surface area contributed by atoms with Crippen molar-refractivity contribution in [1.29, 1.82) is 0 Å². The second-order valence-corrected chi connectivity index (χ2v) is 7.10. The zero-order chi connectivity index (χ0) is 18.3. The number of rotatable bonds is 3. The first-order valence-corrected chi connectivity index (χ1v) is 8.57. The first-order chi connectivity index (χ1) is 11.8. The molecule has 132 valence electrons. The Morgan fingerprint density at radius 1 is 1.04 bits per heavy atom. The Morgan fingerprint density at radius 3 is 2.24 bits per heavy atom. The van der Waals surface area contributed by atoms with Crippen LogP contribution in [-0.2, 0) is 4.79 Å². The molecule has 1 aromatic heterocycles. The monoisotopic (exact) mass is 340 g/mol. The third-order valence-electron chi connectivity index (χ3n) is 5.11. The number of aromatic nitrogens is 1. The second kappa shape index (κ2) is 6.39. The minimum atomic E-state index is -0.829. The standard InChI is InChI=1S/C20H24N2O3/c1-12-5-8-18(22-14(3)6-7-15(22)4)16(9-12)19(23)21-10-13(2)17(11-21)20(24)25/h5-9,13,17H,10-11H2,1-4H3,(H,24,25)/t13-,17-/m1/s1. The van der Waals surface area contributed by atoms with Gasteiger partial charge in [-0.25, -0.2) is 0 Å². The molecule has 0 saturated carbocycles. The van der Waals surface area contributed by atoms with Crippen LogP contribution in [0.15, 0.2) is 30.3 Å². The van der Waals surface area contributed by atoms with Crippen molar-refractivity contribution in [3.63, 3.8) is 0 Å². The van der Waals surface area contributed by atoms with E-state index in [2.05, 4.69) is 4.57 Å². The Hall–Kier alpha value is -2.56. The lowest BCUT2D eigenvalue weighted by Crippen LogP contribution is -2.31. The van der Waals surface area contributed by atoms with Gasteiger partial charge in [-0.05, 0) is 51.0 Å². The van der Waals surface area contributed by atoms with E-state index in [1.165, 1.54) is 0 Å². The molecule has 2 atom stereocenters. The highest BCUT2D eigenvalue weighted by Gasteiger charge is 2.37. The fourth-order valence-corrected chi connectivity index (χ4v) is 3.69. The molecular formula is C20H24N2O3. The van der Waals surface area contributed by atoms with E-state index >= 15 is 0 Å². The summed E-state index contributed by atoms with van der Waals surface area (Å²) in [5.74, 6) is -1.46. The van der Waals surface area contributed by atoms with Crippen molar-refractivity contribution in [3.05, 3.63) is 52.8 Å². The molecule has 5 nitrogen and oxygen atoms in total. The van der Waals surface area contributed by atoms with E-state index in [0.717, 1.165) is 22.6 Å². The zero-order valence-electron chi connectivity index (χ0n) is 15.1. The molecule has 5 heteroatoms. The van der Waals surface area contributed by atoms with Crippen LogP contribution in [0.2, 0.25) is 0 Å². The predicted molar refractivity (Wildman–Crippen MR) is 96.2 cm³/mol. The number of hydrogen-bond acceptors (Lipinski definition) is 2. The van der Waals surface area contributed by atoms with Crippen LogP contribution < -0.4 is 0 Å². The Bertz CT molecular complexity index is 818. The molecule has 1 fully saturated rings. The van der Waals surface area contributed by atoms with E-state index in [1.54, 1.807) is 4.90 Å². The molecule has 1 saturated heterocycles. The SMILES string of the molecule is Cc1ccc(-n2c(C)ccc2C)c(C(=O)N2C[C@@H](C)[C@H](C(=O)O)C2)c1. The summed E-state index contributed by atoms with van der Waals surface area (Å²) in [5, 5.41) is 9.33. The molecule has 1 aliphatic heterocycles. The number of nitrogens with zero attached hydrogens (tertiary/aromatic N) is 2. The molecule has 3 rings (SSSR count). The number of benzene rings is 1. The highest BCUT2D eigenvalue weighted by molar-refractivity contribution is 5.98. The summed E-state index contributed by atoms with van der Waals surface area (Å²) in [4.78, 5) is 26.2. The van der Waals surface area contributed by atoms with E-state index in [1.807, 2.05) is 58.0 Å². The Kier molecular flexibility index (Phi) is 4.41. The number of carbonyl (C=O) groups is 2. The fourth-order valence-electron chi connectivity index (χ4n) is 3.69. The Balaban J connectivity index is 2.02. The second-order valence-electron chi connectivity index (χ2n) is 7.10. The maximum atomic E-state index is 13.2. The van der Waals surface area contributed by atoms with Gasteiger partial charge in [0, 0.05) is 24.5 Å². The van der Waals surface area contributed by atoms with Crippen molar-refractivity contribution < 1.29 is 14.7 Å². The van der Waals surface area contributed by atoms with Gasteiger partial charge in [-0.1, -0.05) is 18.6 Å². The van der Waals surface area contributed by atoms with Crippen LogP contribution in [0.5, 0.6) is 0 Å². The minimum absolute atomic E-state index is 0.0373. The van der Waals surface area contributed by atoms with Crippen molar-refractivity contribution in [1.82, 2.24) is 9.47 Å². The van der Waals surface area contributed by atoms with E-state index in [9.17, 15) is 14.7 Å². The maximum absolute atomic E-state index is 13.2. The molecule has 0 radical (unpaired) electrons. The van der Waals surface area contributed by atoms with Crippen LogP contribution in [0.4, 0.5) is 0 Å². The first kappa shape index (κ1) is 17.3. The summed E-state index contributed by atoms with van der Waals surface area (Å²) in [6, 6.07) is 9.92. The molecule has 2 aromatic rings. The lowest BCUT2D eigenvalue weighted by Gasteiger charge is -2.20. The summed E-state index contributed by atoms with van der Waals surface area (Å²) in [7, 11) is 0. The number of amides is 1. The molecule has 0 aliphatic carbocycles. The smallest absolute Gasteiger partial charge is 0.308 e. The van der Waals surface area contributed by atoms with Gasteiger partial charge < -0.3 is 14.6 Å². The van der Waals surface area contributed by atoms with Crippen molar-refractivity contribution in [2.45, 2.75) is 27.7 Å². The number of carboxylic acids is 1. The molecule has 0 bridgehead atoms. The van der Waals surface area contributed by atoms with Crippen LogP contribution in [0, 0.1) is 32.6 Å². The Labute approximate surface area is 147 Å². The summed E-state index contributed by atoms with van der Waals surface area (Å²) >= 11 is 0. The highest BCUT2D eigenvalue weighted by atomic mass is 16.4. The minimum Gasteiger partial charge on any atom is -0.481 e. The van der Waals surface area contributed by atoms with Gasteiger partial charge in [-0.3, -0.25) is 9.59 Å². The molecule has 1 aromatic carbocycles. The van der Waals surface area contributed by atoms with Crippen LogP contribution in [0.3, 0.4) is 0 Å². The normalized spacial score (nSPS) is 20.1. The molecule has 2 heterocycles. The van der Waals surface area contributed by atoms with Crippen LogP contribution in [0.1, 0.15) is 34.2 Å². The number of likely N-dealkylation sites (tertiary alicyclic amines) is 1. The average molecular weight is 340 g/mol. The molecule has 0 unspecified atom stereocenters. The van der Waals surface area contributed by atoms with E-state index in [0.29, 0.717) is 12.1 Å². The molecular weight excluding hydrogens is 316 g/mol. The van der Waals surface area contributed by atoms with Crippen molar-refractivity contribution in [2.24, 2.45) is 11.8 Å². The first-order valence-electron chi connectivity index (χ1n) is 8.57. The molecule has 1 aliphatic rings. The van der Waals surface area contributed by atoms with Gasteiger partial charge >= 0.3 is 5.97 Å². The maximum Gasteiger partial charge on any atom is 0.308 e. The average Bonchev–Trinajstić information content (AvgIpc) is 3.10. The number of carbonyl (C=O) groups excluding carboxylic acids is 1. The van der Waals surface area contributed by atoms with E-state index in [-0.39, 0.29) is 18.4 Å². The topological polar surface area (TPSA) is 62.5 Å². The summed E-state index contributed by atoms with van der Waals surface area (Å²) in [6.45, 7) is 8.63. The zero-order valence-corrected chi connectivity index (χ0v) is 15.1. The van der Waals surface area contributed by atoms with E-state index < -0.39 is 11.9 Å². The van der Waals surface area contributed by atoms with E-state index in [4.69, 9.17) is 0 Å². The lowest BCUT2D eigenvalue weighted by molar-refractivity contribution is -0.142. The van der Waals surface area contributed by atoms with Crippen LogP contribution in [-0.4, -0.2) is 39.5 Å². The summed E-state index contributed by atoms with van der Waals surface area (Å²) in [5.41, 5.74) is 4.61. The van der Waals surface area contributed by atoms with Gasteiger partial charge in [-0.2, -0.15) is 0 Å². The van der Waals surface area contributed by atoms with Gasteiger partial charge in [-0.15, -0.1) is 0 Å². The Morgan fingerprint density at radius 2 is 1.68 bits per heavy atom. The van der Waals surface area contributed by atoms with Gasteiger partial charge in [0.15, 0.2) is 0 Å². The third-order valence-corrected chi connectivity index (χ3v) is 5.11. The van der Waals surface area contributed by atoms with Crippen molar-refractivity contribution in [2.75, 3.05) is 13.1 Å². The predicted octanol–water partition coefficient (Wildman–Crippen LogP) is 3.20. The lowest BCUT2D eigenvalue weighted by atomic mass is 9.99. The largest absolute Gasteiger partial charge is 0.481 e. The summed E-state index contributed by atoms with van der Waals surface area (Å²) in [6.07, 6.45) is 0. The fraction of sp³-hybridized carbons (Fsp3) is 0.400. The van der Waals surface area contributed by atoms with Gasteiger partial charge in [0.05, 0.1) is 17.2 Å². The number of aliphatic carboxylic acids is 1. The number of carboxylic acid groups (broad SMARTS) is 1. The van der Waals surface area contributed by atoms with Gasteiger partial charge in [0.2, 0.25) is 0 Å². The molecule has 1 N–H and O–H groups in total. The summed E-state index contributed by atoms with van der Waals surface area (Å²) < 4.78 is 2.07. The molecule has 25 heavy (non-hydrogen) atoms. The third kappa shape index (κ3) is 3.06.